The maximum Gasteiger partial charge on any atom is 0.408 e. The van der Waals surface area contributed by atoms with Crippen LogP contribution in [0.15, 0.2) is 17.5 Å². The van der Waals surface area contributed by atoms with Crippen molar-refractivity contribution < 1.29 is 19.1 Å². The van der Waals surface area contributed by atoms with E-state index in [0.717, 1.165) is 6.42 Å². The van der Waals surface area contributed by atoms with E-state index in [2.05, 4.69) is 5.32 Å². The molecule has 0 bridgehead atoms. The van der Waals surface area contributed by atoms with Gasteiger partial charge in [0.1, 0.15) is 12.1 Å². The average Bonchev–Trinajstić information content (AvgIpc) is 2.94. The maximum atomic E-state index is 12.4. The molecule has 2 heterocycles. The molecular formula is C17H25N3O4S. The first-order chi connectivity index (χ1) is 11.8. The monoisotopic (exact) mass is 367 g/mol. The Balaban J connectivity index is 1.81. The van der Waals surface area contributed by atoms with Crippen molar-refractivity contribution >= 4 is 29.2 Å². The number of hydrogen-bond acceptors (Lipinski definition) is 5. The van der Waals surface area contributed by atoms with E-state index in [-0.39, 0.29) is 18.4 Å². The van der Waals surface area contributed by atoms with E-state index in [1.54, 1.807) is 30.6 Å². The quantitative estimate of drug-likeness (QED) is 0.886. The van der Waals surface area contributed by atoms with Crippen LogP contribution in [-0.4, -0.2) is 66.0 Å². The van der Waals surface area contributed by atoms with Crippen molar-refractivity contribution in [1.82, 2.24) is 15.1 Å². The molecule has 7 nitrogen and oxygen atoms in total. The highest BCUT2D eigenvalue weighted by molar-refractivity contribution is 7.12. The number of carbonyl (C=O) groups is 3. The van der Waals surface area contributed by atoms with Crippen molar-refractivity contribution in [3.05, 3.63) is 22.4 Å². The van der Waals surface area contributed by atoms with Crippen molar-refractivity contribution in [2.75, 3.05) is 32.7 Å². The van der Waals surface area contributed by atoms with Crippen LogP contribution in [0.25, 0.3) is 0 Å². The van der Waals surface area contributed by atoms with E-state index in [9.17, 15) is 14.4 Å². The summed E-state index contributed by atoms with van der Waals surface area (Å²) in [6, 6.07) is 3.67. The number of hydrogen-bond donors (Lipinski definition) is 1. The molecule has 1 aliphatic heterocycles. The SMILES string of the molecule is CC(C)(C)OC(=O)NCC(=O)N1CCCN(C(=O)c2cccs2)CC1. The van der Waals surface area contributed by atoms with Crippen LogP contribution in [0.1, 0.15) is 36.9 Å². The Bertz CT molecular complexity index is 610. The Morgan fingerprint density at radius 2 is 1.84 bits per heavy atom. The van der Waals surface area contributed by atoms with E-state index in [0.29, 0.717) is 31.1 Å². The van der Waals surface area contributed by atoms with Crippen LogP contribution >= 0.6 is 11.3 Å². The molecule has 0 spiro atoms. The van der Waals surface area contributed by atoms with Gasteiger partial charge in [-0.2, -0.15) is 0 Å². The molecule has 8 heteroatoms. The fourth-order valence-corrected chi connectivity index (χ4v) is 3.19. The minimum Gasteiger partial charge on any atom is -0.444 e. The number of amides is 3. The van der Waals surface area contributed by atoms with Gasteiger partial charge in [0.15, 0.2) is 0 Å². The van der Waals surface area contributed by atoms with Crippen molar-refractivity contribution in [2.45, 2.75) is 32.8 Å². The molecule has 0 aliphatic carbocycles. The van der Waals surface area contributed by atoms with Crippen LogP contribution < -0.4 is 5.32 Å². The third kappa shape index (κ3) is 6.04. The van der Waals surface area contributed by atoms with Crippen molar-refractivity contribution in [1.29, 1.82) is 0 Å². The molecule has 25 heavy (non-hydrogen) atoms. The predicted molar refractivity (Wildman–Crippen MR) is 95.7 cm³/mol. The zero-order valence-corrected chi connectivity index (χ0v) is 15.7. The first-order valence-corrected chi connectivity index (χ1v) is 9.21. The number of nitrogens with one attached hydrogen (secondary N) is 1. The number of nitrogens with zero attached hydrogens (tertiary/aromatic N) is 2. The number of thiophene rings is 1. The van der Waals surface area contributed by atoms with E-state index in [1.165, 1.54) is 11.3 Å². The van der Waals surface area contributed by atoms with Gasteiger partial charge in [-0.15, -0.1) is 11.3 Å². The second-order valence-electron chi connectivity index (χ2n) is 6.86. The summed E-state index contributed by atoms with van der Waals surface area (Å²) < 4.78 is 5.12. The Morgan fingerprint density at radius 3 is 2.48 bits per heavy atom. The fourth-order valence-electron chi connectivity index (χ4n) is 2.50. The highest BCUT2D eigenvalue weighted by Crippen LogP contribution is 2.14. The summed E-state index contributed by atoms with van der Waals surface area (Å²) in [5.74, 6) is -0.160. The Labute approximate surface area is 151 Å². The van der Waals surface area contributed by atoms with Gasteiger partial charge in [0, 0.05) is 26.2 Å². The molecule has 1 N–H and O–H groups in total. The van der Waals surface area contributed by atoms with Crippen molar-refractivity contribution in [2.24, 2.45) is 0 Å². The second kappa shape index (κ2) is 8.33. The molecule has 1 aromatic heterocycles. The Kier molecular flexibility index (Phi) is 6.41. The van der Waals surface area contributed by atoms with Crippen LogP contribution in [0.4, 0.5) is 4.79 Å². The number of rotatable bonds is 3. The third-order valence-electron chi connectivity index (χ3n) is 3.65. The molecule has 1 saturated heterocycles. The third-order valence-corrected chi connectivity index (χ3v) is 4.51. The number of ether oxygens (including phenoxy) is 1. The molecule has 3 amide bonds. The molecule has 0 radical (unpaired) electrons. The lowest BCUT2D eigenvalue weighted by molar-refractivity contribution is -0.130. The second-order valence-corrected chi connectivity index (χ2v) is 7.81. The smallest absolute Gasteiger partial charge is 0.408 e. The van der Waals surface area contributed by atoms with Crippen molar-refractivity contribution in [3.63, 3.8) is 0 Å². The van der Waals surface area contributed by atoms with Gasteiger partial charge in [0.05, 0.1) is 4.88 Å². The Morgan fingerprint density at radius 1 is 1.16 bits per heavy atom. The largest absolute Gasteiger partial charge is 0.444 e. The average molecular weight is 367 g/mol. The first kappa shape index (κ1) is 19.2. The van der Waals surface area contributed by atoms with Gasteiger partial charge in [-0.05, 0) is 38.6 Å². The zero-order valence-electron chi connectivity index (χ0n) is 14.9. The summed E-state index contributed by atoms with van der Waals surface area (Å²) in [4.78, 5) is 40.5. The zero-order chi connectivity index (χ0) is 18.4. The predicted octanol–water partition coefficient (Wildman–Crippen LogP) is 1.95. The standard InChI is InChI=1S/C17H25N3O4S/c1-17(2,3)24-16(23)18-12-14(21)19-7-5-8-20(10-9-19)15(22)13-6-4-11-25-13/h4,6,11H,5,7-10,12H2,1-3H3,(H,18,23). The van der Waals surface area contributed by atoms with Gasteiger partial charge in [0.2, 0.25) is 5.91 Å². The van der Waals surface area contributed by atoms with Crippen LogP contribution in [0, 0.1) is 0 Å². The summed E-state index contributed by atoms with van der Waals surface area (Å²) in [6.07, 6.45) is 0.111. The van der Waals surface area contributed by atoms with Crippen LogP contribution in [0.5, 0.6) is 0 Å². The highest BCUT2D eigenvalue weighted by Gasteiger charge is 2.24. The summed E-state index contributed by atoms with van der Waals surface area (Å²) in [7, 11) is 0. The van der Waals surface area contributed by atoms with E-state index < -0.39 is 11.7 Å². The van der Waals surface area contributed by atoms with E-state index in [1.807, 2.05) is 17.5 Å². The molecule has 1 aromatic rings. The van der Waals surface area contributed by atoms with Crippen LogP contribution in [0.3, 0.4) is 0 Å². The van der Waals surface area contributed by atoms with Gasteiger partial charge in [0.25, 0.3) is 5.91 Å². The van der Waals surface area contributed by atoms with Crippen LogP contribution in [-0.2, 0) is 9.53 Å². The van der Waals surface area contributed by atoms with Gasteiger partial charge < -0.3 is 19.9 Å². The van der Waals surface area contributed by atoms with Crippen LogP contribution in [0.2, 0.25) is 0 Å². The number of alkyl carbamates (subject to hydrolysis) is 1. The van der Waals surface area contributed by atoms with Crippen molar-refractivity contribution in [3.8, 4) is 0 Å². The minimum atomic E-state index is -0.606. The lowest BCUT2D eigenvalue weighted by Crippen LogP contribution is -2.43. The molecule has 0 aromatic carbocycles. The maximum absolute atomic E-state index is 12.4. The lowest BCUT2D eigenvalue weighted by atomic mass is 10.2. The summed E-state index contributed by atoms with van der Waals surface area (Å²) in [5, 5.41) is 4.36. The number of carbonyl (C=O) groups excluding carboxylic acids is 3. The molecule has 0 atom stereocenters. The van der Waals surface area contributed by atoms with Gasteiger partial charge in [-0.1, -0.05) is 6.07 Å². The van der Waals surface area contributed by atoms with Gasteiger partial charge in [-0.25, -0.2) is 4.79 Å². The molecular weight excluding hydrogens is 342 g/mol. The topological polar surface area (TPSA) is 79.0 Å². The first-order valence-electron chi connectivity index (χ1n) is 8.34. The molecule has 138 valence electrons. The lowest BCUT2D eigenvalue weighted by Gasteiger charge is -2.23. The Hall–Kier alpha value is -2.09. The molecule has 1 fully saturated rings. The summed E-state index contributed by atoms with van der Waals surface area (Å²) in [6.45, 7) is 7.35. The van der Waals surface area contributed by atoms with Gasteiger partial charge in [-0.3, -0.25) is 9.59 Å². The molecule has 1 aliphatic rings. The van der Waals surface area contributed by atoms with E-state index >= 15 is 0 Å². The van der Waals surface area contributed by atoms with Gasteiger partial charge >= 0.3 is 6.09 Å². The fraction of sp³-hybridized carbons (Fsp3) is 0.588. The summed E-state index contributed by atoms with van der Waals surface area (Å²) >= 11 is 1.42. The normalized spacial score (nSPS) is 15.5. The summed E-state index contributed by atoms with van der Waals surface area (Å²) in [5.41, 5.74) is -0.599. The van der Waals surface area contributed by atoms with E-state index in [4.69, 9.17) is 4.74 Å². The molecule has 0 unspecified atom stereocenters. The molecule has 0 saturated carbocycles. The molecule has 2 rings (SSSR count). The minimum absolute atomic E-state index is 0.0104. The highest BCUT2D eigenvalue weighted by atomic mass is 32.1.